The number of aromatic amines is 1. The molecule has 4 aromatic rings. The summed E-state index contributed by atoms with van der Waals surface area (Å²) in [7, 11) is 1.48. The molecule has 0 aliphatic carbocycles. The van der Waals surface area contributed by atoms with E-state index in [4.69, 9.17) is 10.5 Å². The zero-order valence-electron chi connectivity index (χ0n) is 15.0. The van der Waals surface area contributed by atoms with E-state index in [1.807, 2.05) is 24.3 Å². The number of benzene rings is 2. The summed E-state index contributed by atoms with van der Waals surface area (Å²) in [4.78, 5) is 31.9. The van der Waals surface area contributed by atoms with E-state index < -0.39 is 5.91 Å². The summed E-state index contributed by atoms with van der Waals surface area (Å²) in [5, 5.41) is 3.13. The van der Waals surface area contributed by atoms with Gasteiger partial charge in [0.2, 0.25) is 11.9 Å². The van der Waals surface area contributed by atoms with Gasteiger partial charge in [-0.05, 0) is 24.3 Å². The number of nitrogens with two attached hydrogens (primary N) is 1. The van der Waals surface area contributed by atoms with E-state index >= 15 is 0 Å². The van der Waals surface area contributed by atoms with Crippen LogP contribution in [0.2, 0.25) is 0 Å². The van der Waals surface area contributed by atoms with Gasteiger partial charge in [0, 0.05) is 11.1 Å². The number of primary amides is 1. The molecule has 0 fully saturated rings. The number of methoxy groups -OCH3 is 1. The van der Waals surface area contributed by atoms with E-state index in [-0.39, 0.29) is 6.01 Å². The minimum absolute atomic E-state index is 0.177. The molecule has 9 heteroatoms. The molecule has 2 heterocycles. The number of nitrogens with zero attached hydrogens (tertiary/aromatic N) is 4. The van der Waals surface area contributed by atoms with Gasteiger partial charge < -0.3 is 20.8 Å². The van der Waals surface area contributed by atoms with Crippen LogP contribution in [0.25, 0.3) is 22.4 Å². The molecule has 0 aliphatic heterocycles. The smallest absolute Gasteiger partial charge is 0.321 e. The summed E-state index contributed by atoms with van der Waals surface area (Å²) >= 11 is 0. The van der Waals surface area contributed by atoms with Gasteiger partial charge in [-0.25, -0.2) is 4.98 Å². The molecule has 140 valence electrons. The predicted molar refractivity (Wildman–Crippen MR) is 104 cm³/mol. The van der Waals surface area contributed by atoms with Gasteiger partial charge in [-0.15, -0.1) is 0 Å². The third kappa shape index (κ3) is 3.58. The lowest BCUT2D eigenvalue weighted by molar-refractivity contribution is 0.100. The van der Waals surface area contributed by atoms with Crippen LogP contribution in [0.3, 0.4) is 0 Å². The Morgan fingerprint density at radius 2 is 1.86 bits per heavy atom. The van der Waals surface area contributed by atoms with Crippen LogP contribution >= 0.6 is 0 Å². The molecule has 4 N–H and O–H groups in total. The number of carbonyl (C=O) groups is 1. The van der Waals surface area contributed by atoms with E-state index in [9.17, 15) is 4.79 Å². The standard InChI is InChI=1S/C19H17N7O2/c1-28-19-25-17(12-8-6-11(7-9-12)16(20)27)24-18(26-19)21-10-15-22-13-4-2-3-5-14(13)23-15/h2-9H,10H2,1H3,(H2,20,27)(H,22,23)(H,21,24,25,26). The first-order valence-corrected chi connectivity index (χ1v) is 8.50. The Kier molecular flexibility index (Phi) is 4.55. The number of rotatable bonds is 6. The van der Waals surface area contributed by atoms with E-state index in [0.717, 1.165) is 16.9 Å². The molecule has 2 aromatic carbocycles. The van der Waals surface area contributed by atoms with Gasteiger partial charge in [-0.1, -0.05) is 24.3 Å². The summed E-state index contributed by atoms with van der Waals surface area (Å²) in [5.74, 6) is 1.03. The van der Waals surface area contributed by atoms with Crippen molar-refractivity contribution in [3.63, 3.8) is 0 Å². The van der Waals surface area contributed by atoms with E-state index in [1.165, 1.54) is 7.11 Å². The highest BCUT2D eigenvalue weighted by molar-refractivity contribution is 5.93. The third-order valence-corrected chi connectivity index (χ3v) is 4.08. The van der Waals surface area contributed by atoms with Crippen molar-refractivity contribution in [2.75, 3.05) is 12.4 Å². The maximum atomic E-state index is 11.2. The summed E-state index contributed by atoms with van der Waals surface area (Å²) in [6, 6.07) is 14.6. The summed E-state index contributed by atoms with van der Waals surface area (Å²) in [5.41, 5.74) is 8.24. The number of para-hydroxylation sites is 2. The lowest BCUT2D eigenvalue weighted by Crippen LogP contribution is -2.10. The molecule has 0 saturated heterocycles. The van der Waals surface area contributed by atoms with Gasteiger partial charge in [-0.2, -0.15) is 15.0 Å². The molecule has 0 radical (unpaired) electrons. The average molecular weight is 375 g/mol. The maximum absolute atomic E-state index is 11.2. The normalized spacial score (nSPS) is 10.8. The molecular weight excluding hydrogens is 358 g/mol. The van der Waals surface area contributed by atoms with Crippen LogP contribution in [0.5, 0.6) is 6.01 Å². The molecular formula is C19H17N7O2. The van der Waals surface area contributed by atoms with Crippen LogP contribution in [0.1, 0.15) is 16.2 Å². The van der Waals surface area contributed by atoms with Gasteiger partial charge in [-0.3, -0.25) is 4.79 Å². The van der Waals surface area contributed by atoms with Crippen molar-refractivity contribution in [3.05, 3.63) is 59.9 Å². The summed E-state index contributed by atoms with van der Waals surface area (Å²) < 4.78 is 5.18. The zero-order valence-corrected chi connectivity index (χ0v) is 15.0. The summed E-state index contributed by atoms with van der Waals surface area (Å²) in [6.07, 6.45) is 0. The Labute approximate surface area is 160 Å². The highest BCUT2D eigenvalue weighted by atomic mass is 16.5. The number of carbonyl (C=O) groups excluding carboxylic acids is 1. The molecule has 9 nitrogen and oxygen atoms in total. The molecule has 4 rings (SSSR count). The van der Waals surface area contributed by atoms with Crippen molar-refractivity contribution >= 4 is 22.9 Å². The van der Waals surface area contributed by atoms with E-state index in [2.05, 4.69) is 30.2 Å². The highest BCUT2D eigenvalue weighted by Crippen LogP contribution is 2.20. The van der Waals surface area contributed by atoms with Crippen LogP contribution in [-0.2, 0) is 6.54 Å². The third-order valence-electron chi connectivity index (χ3n) is 4.08. The minimum Gasteiger partial charge on any atom is -0.467 e. The van der Waals surface area contributed by atoms with Crippen molar-refractivity contribution in [2.24, 2.45) is 5.73 Å². The van der Waals surface area contributed by atoms with Crippen molar-refractivity contribution in [2.45, 2.75) is 6.54 Å². The fourth-order valence-electron chi connectivity index (χ4n) is 2.69. The minimum atomic E-state index is -0.493. The Morgan fingerprint density at radius 1 is 1.07 bits per heavy atom. The van der Waals surface area contributed by atoms with Crippen molar-refractivity contribution in [3.8, 4) is 17.4 Å². The van der Waals surface area contributed by atoms with Crippen LogP contribution in [0, 0.1) is 0 Å². The van der Waals surface area contributed by atoms with Crippen LogP contribution in [0.15, 0.2) is 48.5 Å². The molecule has 1 amide bonds. The molecule has 0 saturated carbocycles. The Balaban J connectivity index is 1.58. The van der Waals surface area contributed by atoms with E-state index in [1.54, 1.807) is 24.3 Å². The number of hydrogen-bond acceptors (Lipinski definition) is 7. The SMILES string of the molecule is COc1nc(NCc2nc3ccccc3[nH]2)nc(-c2ccc(C(N)=O)cc2)n1. The summed E-state index contributed by atoms with van der Waals surface area (Å²) in [6.45, 7) is 0.405. The Morgan fingerprint density at radius 3 is 2.57 bits per heavy atom. The second-order valence-electron chi connectivity index (χ2n) is 5.97. The number of anilines is 1. The number of amides is 1. The Bertz CT molecular complexity index is 1110. The fraction of sp³-hybridized carbons (Fsp3) is 0.105. The van der Waals surface area contributed by atoms with Crippen molar-refractivity contribution in [1.82, 2.24) is 24.9 Å². The first-order valence-electron chi connectivity index (χ1n) is 8.50. The number of imidazole rings is 1. The van der Waals surface area contributed by atoms with Crippen molar-refractivity contribution in [1.29, 1.82) is 0 Å². The number of aromatic nitrogens is 5. The van der Waals surface area contributed by atoms with Gasteiger partial charge in [0.1, 0.15) is 5.82 Å². The monoisotopic (exact) mass is 375 g/mol. The number of ether oxygens (including phenoxy) is 1. The predicted octanol–water partition coefficient (Wildman–Crippen LogP) is 2.13. The molecule has 0 unspecified atom stereocenters. The molecule has 0 bridgehead atoms. The topological polar surface area (TPSA) is 132 Å². The second-order valence-corrected chi connectivity index (χ2v) is 5.97. The van der Waals surface area contributed by atoms with Crippen molar-refractivity contribution < 1.29 is 9.53 Å². The fourth-order valence-corrected chi connectivity index (χ4v) is 2.69. The van der Waals surface area contributed by atoms with Gasteiger partial charge in [0.05, 0.1) is 24.7 Å². The first kappa shape index (κ1) is 17.4. The lowest BCUT2D eigenvalue weighted by atomic mass is 10.1. The van der Waals surface area contributed by atoms with Crippen LogP contribution < -0.4 is 15.8 Å². The van der Waals surface area contributed by atoms with Crippen LogP contribution in [0.4, 0.5) is 5.95 Å². The number of fused-ring (bicyclic) bond motifs is 1. The number of nitrogens with one attached hydrogen (secondary N) is 2. The molecule has 0 spiro atoms. The van der Waals surface area contributed by atoms with Gasteiger partial charge >= 0.3 is 6.01 Å². The highest BCUT2D eigenvalue weighted by Gasteiger charge is 2.11. The Hall–Kier alpha value is -4.01. The average Bonchev–Trinajstić information content (AvgIpc) is 3.15. The van der Waals surface area contributed by atoms with Crippen LogP contribution in [-0.4, -0.2) is 37.9 Å². The second kappa shape index (κ2) is 7.31. The van der Waals surface area contributed by atoms with Gasteiger partial charge in [0.25, 0.3) is 0 Å². The lowest BCUT2D eigenvalue weighted by Gasteiger charge is -2.08. The zero-order chi connectivity index (χ0) is 19.5. The largest absolute Gasteiger partial charge is 0.467 e. The quantitative estimate of drug-likeness (QED) is 0.470. The molecule has 0 atom stereocenters. The number of hydrogen-bond donors (Lipinski definition) is 3. The number of H-pyrrole nitrogens is 1. The first-order chi connectivity index (χ1) is 13.6. The molecule has 28 heavy (non-hydrogen) atoms. The maximum Gasteiger partial charge on any atom is 0.321 e. The van der Waals surface area contributed by atoms with Gasteiger partial charge in [0.15, 0.2) is 5.82 Å². The molecule has 2 aromatic heterocycles. The van der Waals surface area contributed by atoms with E-state index in [0.29, 0.717) is 29.4 Å². The molecule has 0 aliphatic rings.